The minimum Gasteiger partial charge on any atom is -0.485 e. The highest BCUT2D eigenvalue weighted by molar-refractivity contribution is 6.11. The average molecular weight is 665 g/mol. The van der Waals surface area contributed by atoms with Gasteiger partial charge in [-0.25, -0.2) is 9.37 Å². The Bertz CT molecular complexity index is 2130. The molecule has 1 aliphatic rings. The standard InChI is InChI=1S/C38H37FN4O6/c1-23-33(25-11-9-10-12-25)36(44)34(24(2)42(23)3)38(45)43(26-13-7-6-8-14-26)27-15-16-30(28(39)21-27)49-31-17-18-40-29-22-32(48-20-19-46-4)37(47-5)41-35(29)31/h6-8,11,13-18,21-22H,9-10,12,19-20H2,1-5H3. The van der Waals surface area contributed by atoms with E-state index in [4.69, 9.17) is 18.9 Å². The molecule has 0 unspecified atom stereocenters. The Balaban J connectivity index is 1.39. The van der Waals surface area contributed by atoms with Gasteiger partial charge in [0, 0.05) is 61.2 Å². The van der Waals surface area contributed by atoms with E-state index < -0.39 is 11.7 Å². The predicted octanol–water partition coefficient (Wildman–Crippen LogP) is 7.46. The fraction of sp³-hybridized carbons (Fsp3) is 0.263. The number of para-hydroxylation sites is 1. The van der Waals surface area contributed by atoms with Crippen molar-refractivity contribution < 1.29 is 28.1 Å². The summed E-state index contributed by atoms with van der Waals surface area (Å²) in [6.45, 7) is 4.31. The van der Waals surface area contributed by atoms with Gasteiger partial charge in [0.1, 0.15) is 17.7 Å². The number of hydrogen-bond acceptors (Lipinski definition) is 8. The van der Waals surface area contributed by atoms with Gasteiger partial charge in [0.2, 0.25) is 5.43 Å². The molecule has 3 heterocycles. The highest BCUT2D eigenvalue weighted by Gasteiger charge is 2.29. The van der Waals surface area contributed by atoms with E-state index in [9.17, 15) is 9.59 Å². The van der Waals surface area contributed by atoms with Gasteiger partial charge in [-0.2, -0.15) is 0 Å². The summed E-state index contributed by atoms with van der Waals surface area (Å²) >= 11 is 0. The first-order valence-corrected chi connectivity index (χ1v) is 16.0. The molecular formula is C38H37FN4O6. The SMILES string of the molecule is COCCOc1cc2nccc(Oc3ccc(N(C(=O)c4c(C)n(C)c(C)c(C5=CCCC5)c4=O)c4ccccc4)cc3F)c2nc1OC. The van der Waals surface area contributed by atoms with Crippen LogP contribution in [0.25, 0.3) is 16.6 Å². The van der Waals surface area contributed by atoms with Crippen LogP contribution in [0.1, 0.15) is 46.6 Å². The smallest absolute Gasteiger partial charge is 0.268 e. The molecule has 252 valence electrons. The first kappa shape index (κ1) is 33.4. The van der Waals surface area contributed by atoms with E-state index in [1.54, 1.807) is 56.5 Å². The van der Waals surface area contributed by atoms with Crippen molar-refractivity contribution in [2.45, 2.75) is 33.1 Å². The van der Waals surface area contributed by atoms with Crippen LogP contribution in [0, 0.1) is 19.7 Å². The zero-order valence-corrected chi connectivity index (χ0v) is 28.1. The quantitative estimate of drug-likeness (QED) is 0.134. The normalized spacial score (nSPS) is 12.6. The van der Waals surface area contributed by atoms with Crippen LogP contribution in [0.4, 0.5) is 15.8 Å². The number of hydrogen-bond donors (Lipinski definition) is 0. The van der Waals surface area contributed by atoms with Crippen LogP contribution in [0.2, 0.25) is 0 Å². The highest BCUT2D eigenvalue weighted by Crippen LogP contribution is 2.37. The number of nitrogens with zero attached hydrogens (tertiary/aromatic N) is 4. The molecule has 0 bridgehead atoms. The monoisotopic (exact) mass is 664 g/mol. The molecule has 0 radical (unpaired) electrons. The minimum atomic E-state index is -0.729. The Morgan fingerprint density at radius 3 is 2.45 bits per heavy atom. The van der Waals surface area contributed by atoms with Crippen LogP contribution in [0.5, 0.6) is 23.1 Å². The third-order valence-corrected chi connectivity index (χ3v) is 8.72. The van der Waals surface area contributed by atoms with E-state index in [0.29, 0.717) is 40.3 Å². The van der Waals surface area contributed by atoms with E-state index in [1.165, 1.54) is 30.3 Å². The van der Waals surface area contributed by atoms with E-state index >= 15 is 4.39 Å². The molecule has 1 amide bonds. The second kappa shape index (κ2) is 14.3. The number of anilines is 2. The third kappa shape index (κ3) is 6.49. The van der Waals surface area contributed by atoms with Crippen molar-refractivity contribution in [2.24, 2.45) is 7.05 Å². The van der Waals surface area contributed by atoms with Crippen LogP contribution < -0.4 is 24.5 Å². The molecule has 5 aromatic rings. The van der Waals surface area contributed by atoms with Crippen LogP contribution in [-0.2, 0) is 11.8 Å². The summed E-state index contributed by atoms with van der Waals surface area (Å²) in [7, 11) is 4.89. The van der Waals surface area contributed by atoms with E-state index in [1.807, 2.05) is 24.6 Å². The fourth-order valence-corrected chi connectivity index (χ4v) is 6.05. The van der Waals surface area contributed by atoms with Crippen LogP contribution >= 0.6 is 0 Å². The summed E-state index contributed by atoms with van der Waals surface area (Å²) in [5.41, 5.74) is 4.03. The lowest BCUT2D eigenvalue weighted by molar-refractivity contribution is 0.0996. The average Bonchev–Trinajstić information content (AvgIpc) is 3.63. The zero-order valence-electron chi connectivity index (χ0n) is 28.1. The van der Waals surface area contributed by atoms with E-state index in [-0.39, 0.29) is 40.7 Å². The molecule has 0 N–H and O–H groups in total. The van der Waals surface area contributed by atoms with Gasteiger partial charge in [-0.1, -0.05) is 24.3 Å². The molecule has 49 heavy (non-hydrogen) atoms. The molecule has 0 aliphatic heterocycles. The Morgan fingerprint density at radius 1 is 0.959 bits per heavy atom. The summed E-state index contributed by atoms with van der Waals surface area (Å²) in [6.07, 6.45) is 6.22. The Hall–Kier alpha value is -5.55. The van der Waals surface area contributed by atoms with Gasteiger partial charge in [0.15, 0.2) is 23.1 Å². The topological polar surface area (TPSA) is 105 Å². The number of carbonyl (C=O) groups is 1. The molecular weight excluding hydrogens is 627 g/mol. The van der Waals surface area contributed by atoms with Crippen molar-refractivity contribution in [3.05, 3.63) is 111 Å². The molecule has 11 heteroatoms. The lowest BCUT2D eigenvalue weighted by Gasteiger charge is -2.26. The van der Waals surface area contributed by atoms with Crippen LogP contribution in [-0.4, -0.2) is 47.9 Å². The largest absolute Gasteiger partial charge is 0.485 e. The Morgan fingerprint density at radius 2 is 1.76 bits per heavy atom. The van der Waals surface area contributed by atoms with Crippen molar-refractivity contribution in [1.82, 2.24) is 14.5 Å². The van der Waals surface area contributed by atoms with Gasteiger partial charge in [0.05, 0.1) is 24.9 Å². The predicted molar refractivity (Wildman–Crippen MR) is 186 cm³/mol. The maximum Gasteiger partial charge on any atom is 0.268 e. The molecule has 1 aliphatic carbocycles. The summed E-state index contributed by atoms with van der Waals surface area (Å²) < 4.78 is 40.1. The number of pyridine rings is 3. The van der Waals surface area contributed by atoms with Gasteiger partial charge in [-0.3, -0.25) is 19.5 Å². The summed E-state index contributed by atoms with van der Waals surface area (Å²) in [5, 5.41) is 0. The Labute approximate surface area is 283 Å². The van der Waals surface area contributed by atoms with Gasteiger partial charge in [-0.15, -0.1) is 0 Å². The molecule has 0 atom stereocenters. The third-order valence-electron chi connectivity index (χ3n) is 8.72. The summed E-state index contributed by atoms with van der Waals surface area (Å²) in [6, 6.07) is 16.3. The number of allylic oxidation sites excluding steroid dienone is 2. The van der Waals surface area contributed by atoms with Crippen molar-refractivity contribution >= 4 is 33.9 Å². The number of methoxy groups -OCH3 is 2. The Kier molecular flexibility index (Phi) is 9.72. The number of aromatic nitrogens is 3. The van der Waals surface area contributed by atoms with E-state index in [0.717, 1.165) is 30.5 Å². The molecule has 10 nitrogen and oxygen atoms in total. The number of carbonyl (C=O) groups excluding carboxylic acids is 1. The number of benzene rings is 2. The second-order valence-corrected chi connectivity index (χ2v) is 11.6. The lowest BCUT2D eigenvalue weighted by Crippen LogP contribution is -2.34. The van der Waals surface area contributed by atoms with Crippen LogP contribution in [0.15, 0.2) is 77.7 Å². The number of rotatable bonds is 11. The molecule has 6 rings (SSSR count). The van der Waals surface area contributed by atoms with Gasteiger partial charge < -0.3 is 23.5 Å². The first-order valence-electron chi connectivity index (χ1n) is 16.0. The molecule has 2 aromatic carbocycles. The molecule has 0 fully saturated rings. The second-order valence-electron chi connectivity index (χ2n) is 11.6. The molecule has 0 saturated carbocycles. The van der Waals surface area contributed by atoms with E-state index in [2.05, 4.69) is 16.0 Å². The van der Waals surface area contributed by atoms with Crippen molar-refractivity contribution in [1.29, 1.82) is 0 Å². The van der Waals surface area contributed by atoms with Gasteiger partial charge >= 0.3 is 0 Å². The van der Waals surface area contributed by atoms with Gasteiger partial charge in [-0.05, 0) is 62.9 Å². The summed E-state index contributed by atoms with van der Waals surface area (Å²) in [5.74, 6) is -0.564. The molecule has 0 spiro atoms. The molecule has 3 aromatic heterocycles. The fourth-order valence-electron chi connectivity index (χ4n) is 6.05. The zero-order chi connectivity index (χ0) is 34.7. The maximum atomic E-state index is 16.0. The van der Waals surface area contributed by atoms with Gasteiger partial charge in [0.25, 0.3) is 11.8 Å². The van der Waals surface area contributed by atoms with Crippen molar-refractivity contribution in [3.63, 3.8) is 0 Å². The minimum absolute atomic E-state index is 0.0364. The highest BCUT2D eigenvalue weighted by atomic mass is 19.1. The number of amides is 1. The maximum absolute atomic E-state index is 16.0. The van der Waals surface area contributed by atoms with Crippen LogP contribution in [0.3, 0.4) is 0 Å². The number of halogens is 1. The van der Waals surface area contributed by atoms with Crippen molar-refractivity contribution in [3.8, 4) is 23.1 Å². The van der Waals surface area contributed by atoms with Crippen molar-refractivity contribution in [2.75, 3.05) is 32.3 Å². The number of ether oxygens (including phenoxy) is 4. The summed E-state index contributed by atoms with van der Waals surface area (Å²) in [4.78, 5) is 38.9. The number of fused-ring (bicyclic) bond motifs is 1. The lowest BCUT2D eigenvalue weighted by atomic mass is 9.98. The first-order chi connectivity index (χ1) is 23.7. The molecule has 0 saturated heterocycles.